The molecular weight excluding hydrogens is 199 g/mol. The Kier molecular flexibility index (Phi) is 6.49. The van der Waals surface area contributed by atoms with Gasteiger partial charge in [0, 0.05) is 21.3 Å². The number of hydrogen-bond donors (Lipinski definition) is 1. The van der Waals surface area contributed by atoms with Crippen molar-refractivity contribution < 1.29 is 28.0 Å². The highest BCUT2D eigenvalue weighted by atomic mass is 31.2. The predicted molar refractivity (Wildman–Crippen MR) is 45.5 cm³/mol. The molecule has 0 heterocycles. The van der Waals surface area contributed by atoms with Crippen molar-refractivity contribution in [2.45, 2.75) is 6.10 Å². The second-order valence-corrected chi connectivity index (χ2v) is 4.10. The monoisotopic (exact) mass is 214 g/mol. The Morgan fingerprint density at radius 1 is 1.23 bits per heavy atom. The lowest BCUT2D eigenvalue weighted by atomic mass is 10.4. The minimum atomic E-state index is -3.47. The van der Waals surface area contributed by atoms with Crippen molar-refractivity contribution in [1.82, 2.24) is 0 Å². The molecule has 1 unspecified atom stereocenters. The molecular formula is C6H15O6P. The third kappa shape index (κ3) is 5.36. The van der Waals surface area contributed by atoms with Crippen LogP contribution in [0.4, 0.5) is 0 Å². The molecule has 0 aliphatic rings. The summed E-state index contributed by atoms with van der Waals surface area (Å²) in [5.41, 5.74) is 0. The number of aliphatic hydroxyl groups excluding tert-OH is 1. The van der Waals surface area contributed by atoms with E-state index < -0.39 is 13.9 Å². The van der Waals surface area contributed by atoms with Crippen LogP contribution < -0.4 is 0 Å². The lowest BCUT2D eigenvalue weighted by Gasteiger charge is -2.15. The molecule has 0 aliphatic carbocycles. The molecule has 0 saturated heterocycles. The van der Waals surface area contributed by atoms with Gasteiger partial charge in [-0.3, -0.25) is 13.6 Å². The van der Waals surface area contributed by atoms with Crippen LogP contribution in [0.25, 0.3) is 0 Å². The van der Waals surface area contributed by atoms with E-state index in [2.05, 4.69) is 13.8 Å². The van der Waals surface area contributed by atoms with Gasteiger partial charge in [-0.2, -0.15) is 0 Å². The molecule has 1 atom stereocenters. The lowest BCUT2D eigenvalue weighted by molar-refractivity contribution is 0.0198. The maximum atomic E-state index is 11.2. The Balaban J connectivity index is 3.78. The highest BCUT2D eigenvalue weighted by molar-refractivity contribution is 7.48. The van der Waals surface area contributed by atoms with Crippen molar-refractivity contribution in [2.24, 2.45) is 0 Å². The first-order chi connectivity index (χ1) is 6.08. The van der Waals surface area contributed by atoms with Gasteiger partial charge in [0.15, 0.2) is 0 Å². The summed E-state index contributed by atoms with van der Waals surface area (Å²) >= 11 is 0. The molecule has 0 aliphatic heterocycles. The minimum Gasteiger partial charge on any atom is -0.388 e. The Morgan fingerprint density at radius 3 is 2.15 bits per heavy atom. The van der Waals surface area contributed by atoms with E-state index in [0.717, 1.165) is 0 Å². The van der Waals surface area contributed by atoms with Crippen molar-refractivity contribution in [2.75, 3.05) is 34.5 Å². The van der Waals surface area contributed by atoms with Crippen molar-refractivity contribution in [3.63, 3.8) is 0 Å². The van der Waals surface area contributed by atoms with Crippen molar-refractivity contribution in [3.8, 4) is 0 Å². The average Bonchev–Trinajstić information content (AvgIpc) is 2.15. The summed E-state index contributed by atoms with van der Waals surface area (Å²) in [6.07, 6.45) is -0.844. The fourth-order valence-electron chi connectivity index (χ4n) is 0.598. The number of methoxy groups -OCH3 is 1. The first-order valence-corrected chi connectivity index (χ1v) is 5.07. The van der Waals surface area contributed by atoms with Gasteiger partial charge in [0.25, 0.3) is 0 Å². The highest BCUT2D eigenvalue weighted by Gasteiger charge is 2.23. The van der Waals surface area contributed by atoms with E-state index in [-0.39, 0.29) is 13.2 Å². The Bertz CT molecular complexity index is 165. The van der Waals surface area contributed by atoms with Gasteiger partial charge in [0.05, 0.1) is 13.2 Å². The van der Waals surface area contributed by atoms with Gasteiger partial charge in [0.1, 0.15) is 6.10 Å². The van der Waals surface area contributed by atoms with Gasteiger partial charge in [-0.05, 0) is 0 Å². The smallest absolute Gasteiger partial charge is 0.388 e. The van der Waals surface area contributed by atoms with Crippen LogP contribution in [-0.2, 0) is 22.9 Å². The quantitative estimate of drug-likeness (QED) is 0.619. The van der Waals surface area contributed by atoms with Crippen molar-refractivity contribution in [1.29, 1.82) is 0 Å². The van der Waals surface area contributed by atoms with Gasteiger partial charge in [-0.25, -0.2) is 4.57 Å². The van der Waals surface area contributed by atoms with E-state index in [1.165, 1.54) is 21.3 Å². The molecule has 0 bridgehead atoms. The van der Waals surface area contributed by atoms with E-state index in [0.29, 0.717) is 0 Å². The van der Waals surface area contributed by atoms with Crippen molar-refractivity contribution >= 4 is 7.82 Å². The second-order valence-electron chi connectivity index (χ2n) is 2.22. The molecule has 0 saturated carbocycles. The zero-order valence-electron chi connectivity index (χ0n) is 7.93. The van der Waals surface area contributed by atoms with Crippen LogP contribution in [0, 0.1) is 0 Å². The average molecular weight is 214 g/mol. The number of ether oxygens (including phenoxy) is 1. The summed E-state index contributed by atoms with van der Waals surface area (Å²) in [5.74, 6) is 0. The van der Waals surface area contributed by atoms with Crippen LogP contribution in [0.1, 0.15) is 0 Å². The van der Waals surface area contributed by atoms with E-state index in [1.54, 1.807) is 0 Å². The van der Waals surface area contributed by atoms with E-state index in [4.69, 9.17) is 9.63 Å². The maximum absolute atomic E-state index is 11.2. The van der Waals surface area contributed by atoms with Crippen LogP contribution in [0.2, 0.25) is 0 Å². The lowest BCUT2D eigenvalue weighted by Crippen LogP contribution is -2.20. The maximum Gasteiger partial charge on any atom is 0.474 e. The van der Waals surface area contributed by atoms with Crippen molar-refractivity contribution in [3.05, 3.63) is 0 Å². The third-order valence-corrected chi connectivity index (χ3v) is 2.59. The molecule has 0 aromatic rings. The van der Waals surface area contributed by atoms with Crippen LogP contribution >= 0.6 is 7.82 Å². The van der Waals surface area contributed by atoms with Crippen LogP contribution in [0.3, 0.4) is 0 Å². The molecule has 13 heavy (non-hydrogen) atoms. The molecule has 80 valence electrons. The molecule has 0 amide bonds. The summed E-state index contributed by atoms with van der Waals surface area (Å²) < 4.78 is 29.5. The fraction of sp³-hybridized carbons (Fsp3) is 1.00. The normalized spacial score (nSPS) is 14.5. The largest absolute Gasteiger partial charge is 0.474 e. The molecule has 0 aromatic carbocycles. The zero-order valence-corrected chi connectivity index (χ0v) is 8.82. The standard InChI is InChI=1S/C6H15O6P/c1-9-4-6(7)5-12-13(8,10-2)11-3/h6-7H,4-5H2,1-3H3. The zero-order chi connectivity index (χ0) is 10.3. The summed E-state index contributed by atoms with van der Waals surface area (Å²) in [7, 11) is 0.368. The second kappa shape index (κ2) is 6.48. The number of hydrogen-bond acceptors (Lipinski definition) is 6. The highest BCUT2D eigenvalue weighted by Crippen LogP contribution is 2.47. The molecule has 0 rings (SSSR count). The van der Waals surface area contributed by atoms with Gasteiger partial charge in [0.2, 0.25) is 0 Å². The van der Waals surface area contributed by atoms with Crippen LogP contribution in [-0.4, -0.2) is 45.8 Å². The SMILES string of the molecule is COCC(O)COP(=O)(OC)OC. The first-order valence-electron chi connectivity index (χ1n) is 3.61. The molecule has 7 heteroatoms. The topological polar surface area (TPSA) is 74.2 Å². The fourth-order valence-corrected chi connectivity index (χ4v) is 1.31. The molecule has 0 radical (unpaired) electrons. The Morgan fingerprint density at radius 2 is 1.77 bits per heavy atom. The predicted octanol–water partition coefficient (Wildman–Crippen LogP) is 0.411. The number of phosphoric ester groups is 1. The third-order valence-electron chi connectivity index (χ3n) is 1.23. The summed E-state index contributed by atoms with van der Waals surface area (Å²) in [5, 5.41) is 9.12. The first kappa shape index (κ1) is 13.0. The Hall–Kier alpha value is 0.0300. The summed E-state index contributed by atoms with van der Waals surface area (Å²) in [6.45, 7) is -0.0553. The van der Waals surface area contributed by atoms with Gasteiger partial charge >= 0.3 is 7.82 Å². The summed E-state index contributed by atoms with van der Waals surface area (Å²) in [4.78, 5) is 0. The van der Waals surface area contributed by atoms with Gasteiger partial charge in [-0.1, -0.05) is 0 Å². The number of aliphatic hydroxyl groups is 1. The number of rotatable bonds is 7. The number of phosphoric acid groups is 1. The minimum absolute atomic E-state index is 0.105. The Labute approximate surface area is 77.4 Å². The molecule has 1 N–H and O–H groups in total. The molecule has 0 fully saturated rings. The van der Waals surface area contributed by atoms with Crippen LogP contribution in [0.15, 0.2) is 0 Å². The van der Waals surface area contributed by atoms with Gasteiger partial charge < -0.3 is 9.84 Å². The molecule has 0 spiro atoms. The van der Waals surface area contributed by atoms with Gasteiger partial charge in [-0.15, -0.1) is 0 Å². The summed E-state index contributed by atoms with van der Waals surface area (Å²) in [6, 6.07) is 0. The van der Waals surface area contributed by atoms with Crippen LogP contribution in [0.5, 0.6) is 0 Å². The molecule has 6 nitrogen and oxygen atoms in total. The van der Waals surface area contributed by atoms with E-state index in [1.807, 2.05) is 0 Å². The van der Waals surface area contributed by atoms with E-state index >= 15 is 0 Å². The molecule has 0 aromatic heterocycles. The van der Waals surface area contributed by atoms with E-state index in [9.17, 15) is 4.57 Å².